The van der Waals surface area contributed by atoms with Crippen LogP contribution in [0.5, 0.6) is 0 Å². The highest BCUT2D eigenvalue weighted by Gasteiger charge is 2.29. The van der Waals surface area contributed by atoms with E-state index in [1.54, 1.807) is 0 Å². The fourth-order valence-electron chi connectivity index (χ4n) is 2.10. The third kappa shape index (κ3) is 1.74. The molecule has 1 heterocycles. The molecule has 3 unspecified atom stereocenters. The SMILES string of the molecule is CCC1C(N)CCN(C)C1C. The second-order valence-corrected chi connectivity index (χ2v) is 3.75. The number of nitrogens with two attached hydrogens (primary N) is 1. The van der Waals surface area contributed by atoms with Gasteiger partial charge in [0.2, 0.25) is 0 Å². The van der Waals surface area contributed by atoms with Crippen molar-refractivity contribution in [1.82, 2.24) is 4.90 Å². The van der Waals surface area contributed by atoms with Crippen LogP contribution in [0.1, 0.15) is 26.7 Å². The second-order valence-electron chi connectivity index (χ2n) is 3.75. The quantitative estimate of drug-likeness (QED) is 0.615. The molecule has 11 heavy (non-hydrogen) atoms. The molecule has 0 bridgehead atoms. The van der Waals surface area contributed by atoms with Crippen molar-refractivity contribution in [2.75, 3.05) is 13.6 Å². The van der Waals surface area contributed by atoms with Gasteiger partial charge in [-0.05, 0) is 32.9 Å². The Hall–Kier alpha value is -0.0800. The highest BCUT2D eigenvalue weighted by molar-refractivity contribution is 4.86. The molecule has 3 atom stereocenters. The van der Waals surface area contributed by atoms with Gasteiger partial charge in [0.1, 0.15) is 0 Å². The molecular weight excluding hydrogens is 136 g/mol. The number of hydrogen-bond acceptors (Lipinski definition) is 2. The van der Waals surface area contributed by atoms with Gasteiger partial charge >= 0.3 is 0 Å². The van der Waals surface area contributed by atoms with Crippen molar-refractivity contribution in [2.45, 2.75) is 38.8 Å². The van der Waals surface area contributed by atoms with Gasteiger partial charge in [-0.2, -0.15) is 0 Å². The van der Waals surface area contributed by atoms with E-state index in [2.05, 4.69) is 25.8 Å². The maximum absolute atomic E-state index is 6.02. The van der Waals surface area contributed by atoms with E-state index in [0.717, 1.165) is 0 Å². The third-order valence-electron chi connectivity index (χ3n) is 3.15. The first-order chi connectivity index (χ1) is 5.16. The summed E-state index contributed by atoms with van der Waals surface area (Å²) in [7, 11) is 2.19. The summed E-state index contributed by atoms with van der Waals surface area (Å²) in [5, 5.41) is 0. The Morgan fingerprint density at radius 1 is 1.55 bits per heavy atom. The van der Waals surface area contributed by atoms with Crippen LogP contribution in [0, 0.1) is 5.92 Å². The van der Waals surface area contributed by atoms with E-state index in [1.807, 2.05) is 0 Å². The minimum absolute atomic E-state index is 0.436. The molecule has 0 aliphatic carbocycles. The first-order valence-corrected chi connectivity index (χ1v) is 4.62. The van der Waals surface area contributed by atoms with Crippen molar-refractivity contribution in [2.24, 2.45) is 11.7 Å². The Balaban J connectivity index is 2.55. The van der Waals surface area contributed by atoms with Crippen LogP contribution in [0.25, 0.3) is 0 Å². The summed E-state index contributed by atoms with van der Waals surface area (Å²) >= 11 is 0. The predicted octanol–water partition coefficient (Wildman–Crippen LogP) is 1.06. The second kappa shape index (κ2) is 3.55. The van der Waals surface area contributed by atoms with Gasteiger partial charge < -0.3 is 10.6 Å². The lowest BCUT2D eigenvalue weighted by Gasteiger charge is -2.40. The van der Waals surface area contributed by atoms with E-state index in [4.69, 9.17) is 5.73 Å². The highest BCUT2D eigenvalue weighted by Crippen LogP contribution is 2.23. The van der Waals surface area contributed by atoms with E-state index in [-0.39, 0.29) is 0 Å². The molecule has 1 aliphatic rings. The minimum Gasteiger partial charge on any atom is -0.327 e. The Morgan fingerprint density at radius 2 is 2.18 bits per heavy atom. The standard InChI is InChI=1S/C9H20N2/c1-4-8-7(2)11(3)6-5-9(8)10/h7-9H,4-6,10H2,1-3H3. The van der Waals surface area contributed by atoms with Crippen LogP contribution in [0.2, 0.25) is 0 Å². The summed E-state index contributed by atoms with van der Waals surface area (Å²) in [6.07, 6.45) is 2.38. The lowest BCUT2D eigenvalue weighted by molar-refractivity contribution is 0.112. The summed E-state index contributed by atoms with van der Waals surface area (Å²) < 4.78 is 0. The molecule has 1 saturated heterocycles. The van der Waals surface area contributed by atoms with Crippen LogP contribution in [-0.2, 0) is 0 Å². The highest BCUT2D eigenvalue weighted by atomic mass is 15.1. The summed E-state index contributed by atoms with van der Waals surface area (Å²) in [6, 6.07) is 1.11. The van der Waals surface area contributed by atoms with Crippen LogP contribution >= 0.6 is 0 Å². The molecule has 0 aromatic rings. The number of hydrogen-bond donors (Lipinski definition) is 1. The smallest absolute Gasteiger partial charge is 0.0107 e. The van der Waals surface area contributed by atoms with Crippen molar-refractivity contribution >= 4 is 0 Å². The lowest BCUT2D eigenvalue weighted by atomic mass is 9.84. The van der Waals surface area contributed by atoms with E-state index in [0.29, 0.717) is 18.0 Å². The minimum atomic E-state index is 0.436. The van der Waals surface area contributed by atoms with Crippen LogP contribution in [0.3, 0.4) is 0 Å². The van der Waals surface area contributed by atoms with E-state index in [9.17, 15) is 0 Å². The van der Waals surface area contributed by atoms with Crippen LogP contribution in [0.4, 0.5) is 0 Å². The Kier molecular flexibility index (Phi) is 2.90. The zero-order valence-corrected chi connectivity index (χ0v) is 7.88. The zero-order valence-electron chi connectivity index (χ0n) is 7.88. The molecule has 0 saturated carbocycles. The summed E-state index contributed by atoms with van der Waals surface area (Å²) in [6.45, 7) is 5.69. The van der Waals surface area contributed by atoms with Crippen molar-refractivity contribution in [3.63, 3.8) is 0 Å². The lowest BCUT2D eigenvalue weighted by Crippen LogP contribution is -2.50. The number of nitrogens with zero attached hydrogens (tertiary/aromatic N) is 1. The first-order valence-electron chi connectivity index (χ1n) is 4.62. The van der Waals surface area contributed by atoms with Gasteiger partial charge in [-0.15, -0.1) is 0 Å². The maximum atomic E-state index is 6.02. The molecule has 1 fully saturated rings. The van der Waals surface area contributed by atoms with Gasteiger partial charge in [-0.1, -0.05) is 13.3 Å². The van der Waals surface area contributed by atoms with Gasteiger partial charge in [-0.3, -0.25) is 0 Å². The average molecular weight is 156 g/mol. The monoisotopic (exact) mass is 156 g/mol. The zero-order chi connectivity index (χ0) is 8.43. The topological polar surface area (TPSA) is 29.3 Å². The molecule has 2 nitrogen and oxygen atoms in total. The van der Waals surface area contributed by atoms with E-state index < -0.39 is 0 Å². The summed E-state index contributed by atoms with van der Waals surface area (Å²) in [4.78, 5) is 2.41. The summed E-state index contributed by atoms with van der Waals surface area (Å²) in [5.74, 6) is 0.703. The molecule has 0 spiro atoms. The van der Waals surface area contributed by atoms with Gasteiger partial charge in [0.05, 0.1) is 0 Å². The Labute approximate surface area is 69.8 Å². The number of rotatable bonds is 1. The molecule has 2 N–H and O–H groups in total. The van der Waals surface area contributed by atoms with Crippen LogP contribution in [0.15, 0.2) is 0 Å². The molecule has 1 rings (SSSR count). The fourth-order valence-corrected chi connectivity index (χ4v) is 2.10. The maximum Gasteiger partial charge on any atom is 0.0107 e. The van der Waals surface area contributed by atoms with Gasteiger partial charge in [0, 0.05) is 12.1 Å². The van der Waals surface area contributed by atoms with Crippen molar-refractivity contribution in [3.8, 4) is 0 Å². The fraction of sp³-hybridized carbons (Fsp3) is 1.00. The molecular formula is C9H20N2. The van der Waals surface area contributed by atoms with Gasteiger partial charge in [0.25, 0.3) is 0 Å². The third-order valence-corrected chi connectivity index (χ3v) is 3.15. The molecule has 2 heteroatoms. The Bertz CT molecular complexity index is 125. The molecule has 0 amide bonds. The normalized spacial score (nSPS) is 40.9. The largest absolute Gasteiger partial charge is 0.327 e. The molecule has 1 aliphatic heterocycles. The van der Waals surface area contributed by atoms with Crippen LogP contribution in [-0.4, -0.2) is 30.6 Å². The summed E-state index contributed by atoms with van der Waals surface area (Å²) in [5.41, 5.74) is 6.02. The molecule has 0 aromatic carbocycles. The van der Waals surface area contributed by atoms with Crippen molar-refractivity contribution < 1.29 is 0 Å². The van der Waals surface area contributed by atoms with Crippen molar-refractivity contribution in [3.05, 3.63) is 0 Å². The van der Waals surface area contributed by atoms with Crippen molar-refractivity contribution in [1.29, 1.82) is 0 Å². The van der Waals surface area contributed by atoms with Crippen LogP contribution < -0.4 is 5.73 Å². The number of likely N-dealkylation sites (tertiary alicyclic amines) is 1. The van der Waals surface area contributed by atoms with Gasteiger partial charge in [0.15, 0.2) is 0 Å². The molecule has 66 valence electrons. The van der Waals surface area contributed by atoms with E-state index >= 15 is 0 Å². The molecule has 0 aromatic heterocycles. The van der Waals surface area contributed by atoms with E-state index in [1.165, 1.54) is 19.4 Å². The predicted molar refractivity (Wildman–Crippen MR) is 48.5 cm³/mol. The average Bonchev–Trinajstić information content (AvgIpc) is 1.99. The molecule has 0 radical (unpaired) electrons. The van der Waals surface area contributed by atoms with Gasteiger partial charge in [-0.25, -0.2) is 0 Å². The first kappa shape index (κ1) is 9.01. The number of piperidine rings is 1. The Morgan fingerprint density at radius 3 is 2.64 bits per heavy atom.